The lowest BCUT2D eigenvalue weighted by molar-refractivity contribution is -0.133. The summed E-state index contributed by atoms with van der Waals surface area (Å²) in [7, 11) is 0. The summed E-state index contributed by atoms with van der Waals surface area (Å²) >= 11 is 3.48. The number of nitrogens with zero attached hydrogens (tertiary/aromatic N) is 2. The van der Waals surface area contributed by atoms with Gasteiger partial charge < -0.3 is 10.6 Å². The highest BCUT2D eigenvalue weighted by molar-refractivity contribution is 7.16. The number of hydrogen-bond donors (Lipinski definition) is 1. The van der Waals surface area contributed by atoms with Crippen molar-refractivity contribution in [2.24, 2.45) is 5.73 Å². The normalized spacial score (nSPS) is 15.0. The molecule has 3 heterocycles. The van der Waals surface area contributed by atoms with Crippen molar-refractivity contribution >= 4 is 41.0 Å². The number of aryl methyl sites for hydroxylation is 1. The van der Waals surface area contributed by atoms with E-state index in [-0.39, 0.29) is 24.4 Å². The Bertz CT molecular complexity index is 683. The lowest BCUT2D eigenvalue weighted by Gasteiger charge is -2.29. The molecule has 1 aliphatic heterocycles. The van der Waals surface area contributed by atoms with Crippen molar-refractivity contribution in [1.82, 2.24) is 9.88 Å². The van der Waals surface area contributed by atoms with Crippen LogP contribution in [0.1, 0.15) is 35.2 Å². The third-order valence-corrected chi connectivity index (χ3v) is 6.00. The van der Waals surface area contributed by atoms with Crippen LogP contribution in [0.4, 0.5) is 0 Å². The third-order valence-electron chi connectivity index (χ3n) is 3.97. The maximum Gasteiger partial charge on any atom is 0.239 e. The van der Waals surface area contributed by atoms with Crippen molar-refractivity contribution in [1.29, 1.82) is 0 Å². The molecule has 2 aromatic heterocycles. The van der Waals surface area contributed by atoms with Crippen molar-refractivity contribution in [2.45, 2.75) is 45.7 Å². The van der Waals surface area contributed by atoms with Crippen LogP contribution in [0, 0.1) is 6.92 Å². The van der Waals surface area contributed by atoms with Gasteiger partial charge in [-0.05, 0) is 31.4 Å². The number of fused-ring (bicyclic) bond motifs is 1. The van der Waals surface area contributed by atoms with Gasteiger partial charge in [0, 0.05) is 23.3 Å². The highest BCUT2D eigenvalue weighted by Crippen LogP contribution is 2.35. The summed E-state index contributed by atoms with van der Waals surface area (Å²) in [6, 6.07) is 1.84. The average Bonchev–Trinajstić information content (AvgIpc) is 3.11. The lowest BCUT2D eigenvalue weighted by Crippen LogP contribution is -2.45. The van der Waals surface area contributed by atoms with Gasteiger partial charge in [-0.2, -0.15) is 0 Å². The summed E-state index contributed by atoms with van der Waals surface area (Å²) in [5, 5.41) is 3.19. The van der Waals surface area contributed by atoms with Crippen molar-refractivity contribution in [3.05, 3.63) is 26.9 Å². The Kier molecular flexibility index (Phi) is 6.19. The molecule has 7 heteroatoms. The lowest BCUT2D eigenvalue weighted by atomic mass is 10.1. The summed E-state index contributed by atoms with van der Waals surface area (Å²) in [5.41, 5.74) is 8.30. The van der Waals surface area contributed by atoms with Gasteiger partial charge in [0.15, 0.2) is 0 Å². The molecule has 4 nitrogen and oxygen atoms in total. The molecule has 2 aromatic rings. The zero-order chi connectivity index (χ0) is 15.7. The number of rotatable bonds is 4. The minimum Gasteiger partial charge on any atom is -0.337 e. The number of hydrogen-bond acceptors (Lipinski definition) is 5. The maximum absolute atomic E-state index is 12.4. The fraction of sp³-hybridized carbons (Fsp3) is 0.500. The molecule has 0 aromatic carbocycles. The molecule has 1 unspecified atom stereocenters. The Morgan fingerprint density at radius 3 is 2.96 bits per heavy atom. The second-order valence-corrected chi connectivity index (χ2v) is 7.91. The fourth-order valence-corrected chi connectivity index (χ4v) is 4.60. The number of halogens is 1. The Morgan fingerprint density at radius 2 is 2.30 bits per heavy atom. The van der Waals surface area contributed by atoms with Crippen LogP contribution in [0.5, 0.6) is 0 Å². The molecule has 0 fully saturated rings. The van der Waals surface area contributed by atoms with Crippen molar-refractivity contribution < 1.29 is 4.79 Å². The summed E-state index contributed by atoms with van der Waals surface area (Å²) in [6.45, 7) is 5.55. The van der Waals surface area contributed by atoms with E-state index in [1.165, 1.54) is 15.3 Å². The Labute approximate surface area is 151 Å². The minimum atomic E-state index is -0.356. The third kappa shape index (κ3) is 3.94. The fourth-order valence-electron chi connectivity index (χ4n) is 2.79. The zero-order valence-corrected chi connectivity index (χ0v) is 15.8. The first-order valence-corrected chi connectivity index (χ1v) is 9.36. The quantitative estimate of drug-likeness (QED) is 0.892. The number of thiophene rings is 1. The van der Waals surface area contributed by atoms with Gasteiger partial charge in [-0.3, -0.25) is 4.79 Å². The molecule has 1 atom stereocenters. The van der Waals surface area contributed by atoms with E-state index in [9.17, 15) is 4.79 Å². The summed E-state index contributed by atoms with van der Waals surface area (Å²) < 4.78 is 0. The number of nitrogens with two attached hydrogens (primary N) is 1. The average molecular weight is 372 g/mol. The largest absolute Gasteiger partial charge is 0.337 e. The van der Waals surface area contributed by atoms with Gasteiger partial charge >= 0.3 is 0 Å². The summed E-state index contributed by atoms with van der Waals surface area (Å²) in [6.07, 6.45) is 2.63. The number of amides is 1. The Morgan fingerprint density at radius 1 is 1.52 bits per heavy atom. The van der Waals surface area contributed by atoms with Gasteiger partial charge in [-0.15, -0.1) is 35.1 Å². The van der Waals surface area contributed by atoms with Gasteiger partial charge in [0.1, 0.15) is 0 Å². The molecule has 0 radical (unpaired) electrons. The van der Waals surface area contributed by atoms with E-state index < -0.39 is 0 Å². The predicted molar refractivity (Wildman–Crippen MR) is 99.4 cm³/mol. The molecule has 126 valence electrons. The van der Waals surface area contributed by atoms with Gasteiger partial charge in [-0.1, -0.05) is 13.3 Å². The summed E-state index contributed by atoms with van der Waals surface area (Å²) in [4.78, 5) is 21.4. The van der Waals surface area contributed by atoms with Crippen LogP contribution in [0.25, 0.3) is 10.6 Å². The second-order valence-electron chi connectivity index (χ2n) is 5.72. The minimum absolute atomic E-state index is 0. The monoisotopic (exact) mass is 371 g/mol. The van der Waals surface area contributed by atoms with Crippen LogP contribution in [-0.2, 0) is 17.8 Å². The van der Waals surface area contributed by atoms with E-state index in [0.717, 1.165) is 36.5 Å². The van der Waals surface area contributed by atoms with E-state index >= 15 is 0 Å². The van der Waals surface area contributed by atoms with Crippen molar-refractivity contribution in [3.8, 4) is 10.6 Å². The highest BCUT2D eigenvalue weighted by Gasteiger charge is 2.26. The predicted octanol–water partition coefficient (Wildman–Crippen LogP) is 3.61. The van der Waals surface area contributed by atoms with Crippen molar-refractivity contribution in [3.63, 3.8) is 0 Å². The van der Waals surface area contributed by atoms with Crippen LogP contribution in [-0.4, -0.2) is 28.4 Å². The molecule has 1 amide bonds. The molecular weight excluding hydrogens is 350 g/mol. The molecular formula is C16H22ClN3OS2. The Hall–Kier alpha value is -0.950. The molecule has 2 N–H and O–H groups in total. The van der Waals surface area contributed by atoms with E-state index in [2.05, 4.69) is 23.4 Å². The number of carbonyl (C=O) groups is 1. The van der Waals surface area contributed by atoms with E-state index in [1.807, 2.05) is 23.2 Å². The molecule has 0 saturated carbocycles. The van der Waals surface area contributed by atoms with Crippen LogP contribution < -0.4 is 5.73 Å². The van der Waals surface area contributed by atoms with E-state index in [4.69, 9.17) is 5.73 Å². The molecule has 0 bridgehead atoms. The van der Waals surface area contributed by atoms with E-state index in [0.29, 0.717) is 6.54 Å². The van der Waals surface area contributed by atoms with Crippen LogP contribution in [0.15, 0.2) is 11.4 Å². The molecule has 23 heavy (non-hydrogen) atoms. The van der Waals surface area contributed by atoms with Gasteiger partial charge in [-0.25, -0.2) is 4.98 Å². The maximum atomic E-state index is 12.4. The van der Waals surface area contributed by atoms with E-state index in [1.54, 1.807) is 11.3 Å². The molecule has 3 rings (SSSR count). The standard InChI is InChI=1S/C16H21N3OS2.ClH/c1-3-4-12(17)16(20)19-6-5-14-11(8-19)7-15(22-14)13-9-21-10(2)18-13;/h7,9,12H,3-6,8,17H2,1-2H3;1H. The van der Waals surface area contributed by atoms with Crippen LogP contribution in [0.2, 0.25) is 0 Å². The number of aromatic nitrogens is 1. The first-order chi connectivity index (χ1) is 10.6. The molecule has 0 saturated heterocycles. The van der Waals surface area contributed by atoms with Crippen LogP contribution in [0.3, 0.4) is 0 Å². The Balaban J connectivity index is 0.00000192. The molecule has 0 spiro atoms. The second kappa shape index (κ2) is 7.75. The summed E-state index contributed by atoms with van der Waals surface area (Å²) in [5.74, 6) is 0.0877. The van der Waals surface area contributed by atoms with Gasteiger partial charge in [0.25, 0.3) is 0 Å². The smallest absolute Gasteiger partial charge is 0.239 e. The number of thiazole rings is 1. The SMILES string of the molecule is CCCC(N)C(=O)N1CCc2sc(-c3csc(C)n3)cc2C1.Cl. The number of carbonyl (C=O) groups excluding carboxylic acids is 1. The van der Waals surface area contributed by atoms with Crippen LogP contribution >= 0.6 is 35.1 Å². The first-order valence-electron chi connectivity index (χ1n) is 7.67. The van der Waals surface area contributed by atoms with Crippen molar-refractivity contribution in [2.75, 3.05) is 6.54 Å². The molecule has 0 aliphatic carbocycles. The first kappa shape index (κ1) is 18.4. The highest BCUT2D eigenvalue weighted by atomic mass is 35.5. The van der Waals surface area contributed by atoms with Gasteiger partial charge in [0.05, 0.1) is 21.6 Å². The zero-order valence-electron chi connectivity index (χ0n) is 13.4. The topological polar surface area (TPSA) is 59.2 Å². The van der Waals surface area contributed by atoms with Gasteiger partial charge in [0.2, 0.25) is 5.91 Å². The molecule has 1 aliphatic rings.